The maximum atomic E-state index is 5.45. The number of rotatable bonds is 7. The van der Waals surface area contributed by atoms with E-state index in [0.29, 0.717) is 0 Å². The molecule has 0 amide bonds. The number of likely N-dealkylation sites (N-methyl/N-ethyl adjacent to an activating group) is 1. The fourth-order valence-corrected chi connectivity index (χ4v) is 1.74. The molecule has 0 bridgehead atoms. The van der Waals surface area contributed by atoms with Crippen LogP contribution < -0.4 is 5.32 Å². The van der Waals surface area contributed by atoms with E-state index in [-0.39, 0.29) is 0 Å². The van der Waals surface area contributed by atoms with Crippen molar-refractivity contribution in [3.8, 4) is 0 Å². The Bertz CT molecular complexity index is 199. The van der Waals surface area contributed by atoms with Crippen LogP contribution >= 0.6 is 11.3 Å². The highest BCUT2D eigenvalue weighted by molar-refractivity contribution is 7.09. The number of nitrogens with one attached hydrogen (secondary N) is 1. The zero-order chi connectivity index (χ0) is 9.36. The van der Waals surface area contributed by atoms with Gasteiger partial charge in [-0.1, -0.05) is 13.0 Å². The first-order valence-electron chi connectivity index (χ1n) is 4.74. The van der Waals surface area contributed by atoms with Crippen LogP contribution in [-0.4, -0.2) is 26.3 Å². The summed E-state index contributed by atoms with van der Waals surface area (Å²) in [6.45, 7) is 5.74. The molecule has 0 unspecified atom stereocenters. The van der Waals surface area contributed by atoms with Crippen LogP contribution in [0, 0.1) is 0 Å². The van der Waals surface area contributed by atoms with Gasteiger partial charge in [0, 0.05) is 17.8 Å². The van der Waals surface area contributed by atoms with Crippen molar-refractivity contribution in [1.29, 1.82) is 0 Å². The second-order valence-electron chi connectivity index (χ2n) is 2.80. The van der Waals surface area contributed by atoms with Crippen LogP contribution in [0.15, 0.2) is 17.5 Å². The summed E-state index contributed by atoms with van der Waals surface area (Å²) in [6.07, 6.45) is 1.05. The maximum absolute atomic E-state index is 5.45. The van der Waals surface area contributed by atoms with Gasteiger partial charge in [-0.2, -0.15) is 0 Å². The quantitative estimate of drug-likeness (QED) is 0.677. The predicted molar refractivity (Wildman–Crippen MR) is 57.4 cm³/mol. The summed E-state index contributed by atoms with van der Waals surface area (Å²) in [7, 11) is 0. The molecule has 0 aliphatic heterocycles. The lowest BCUT2D eigenvalue weighted by atomic mass is 10.4. The molecule has 1 heterocycles. The first-order valence-corrected chi connectivity index (χ1v) is 5.62. The molecule has 0 fully saturated rings. The molecule has 0 saturated heterocycles. The van der Waals surface area contributed by atoms with Crippen molar-refractivity contribution in [2.45, 2.75) is 13.3 Å². The molecule has 0 spiro atoms. The molecule has 1 aromatic rings. The van der Waals surface area contributed by atoms with Crippen LogP contribution in [0.25, 0.3) is 0 Å². The van der Waals surface area contributed by atoms with Crippen molar-refractivity contribution in [2.24, 2.45) is 0 Å². The molecule has 1 rings (SSSR count). The number of hydrogen-bond donors (Lipinski definition) is 1. The number of hydrogen-bond acceptors (Lipinski definition) is 3. The molecule has 2 nitrogen and oxygen atoms in total. The van der Waals surface area contributed by atoms with Crippen molar-refractivity contribution in [1.82, 2.24) is 5.32 Å². The molecular formula is C10H17NOS. The fourth-order valence-electron chi connectivity index (χ4n) is 1.05. The zero-order valence-corrected chi connectivity index (χ0v) is 8.90. The van der Waals surface area contributed by atoms with E-state index in [1.54, 1.807) is 11.3 Å². The van der Waals surface area contributed by atoms with E-state index in [1.807, 2.05) is 0 Å². The lowest BCUT2D eigenvalue weighted by Gasteiger charge is -2.03. The Morgan fingerprint density at radius 1 is 1.46 bits per heavy atom. The van der Waals surface area contributed by atoms with Gasteiger partial charge in [-0.05, 0) is 18.0 Å². The van der Waals surface area contributed by atoms with E-state index >= 15 is 0 Å². The van der Waals surface area contributed by atoms with E-state index < -0.39 is 0 Å². The van der Waals surface area contributed by atoms with E-state index in [0.717, 1.165) is 32.7 Å². The summed E-state index contributed by atoms with van der Waals surface area (Å²) < 4.78 is 5.45. The van der Waals surface area contributed by atoms with Crippen molar-refractivity contribution < 1.29 is 4.74 Å². The third-order valence-electron chi connectivity index (χ3n) is 1.75. The van der Waals surface area contributed by atoms with Gasteiger partial charge in [0.2, 0.25) is 0 Å². The standard InChI is InChI=1S/C10H17NOS/c1-2-11-6-8-12-7-5-10-4-3-9-13-10/h3-4,9,11H,2,5-8H2,1H3. The van der Waals surface area contributed by atoms with Crippen LogP contribution in [0.2, 0.25) is 0 Å². The van der Waals surface area contributed by atoms with Crippen LogP contribution in [0.5, 0.6) is 0 Å². The molecular weight excluding hydrogens is 182 g/mol. The van der Waals surface area contributed by atoms with Gasteiger partial charge in [0.1, 0.15) is 0 Å². The summed E-state index contributed by atoms with van der Waals surface area (Å²) in [5.74, 6) is 0. The molecule has 0 saturated carbocycles. The molecule has 13 heavy (non-hydrogen) atoms. The van der Waals surface area contributed by atoms with Gasteiger partial charge in [-0.15, -0.1) is 11.3 Å². The molecule has 0 aromatic carbocycles. The van der Waals surface area contributed by atoms with Crippen molar-refractivity contribution in [3.05, 3.63) is 22.4 Å². The lowest BCUT2D eigenvalue weighted by molar-refractivity contribution is 0.140. The smallest absolute Gasteiger partial charge is 0.0591 e. The Morgan fingerprint density at radius 3 is 3.08 bits per heavy atom. The van der Waals surface area contributed by atoms with Crippen molar-refractivity contribution >= 4 is 11.3 Å². The number of ether oxygens (including phenoxy) is 1. The summed E-state index contributed by atoms with van der Waals surface area (Å²) in [5.41, 5.74) is 0. The molecule has 0 atom stereocenters. The Kier molecular flexibility index (Phi) is 5.81. The SMILES string of the molecule is CCNCCOCCc1cccs1. The summed E-state index contributed by atoms with van der Waals surface area (Å²) >= 11 is 1.80. The Balaban J connectivity index is 1.90. The third kappa shape index (κ3) is 5.03. The third-order valence-corrected chi connectivity index (χ3v) is 2.68. The highest BCUT2D eigenvalue weighted by Gasteiger charge is 1.93. The summed E-state index contributed by atoms with van der Waals surface area (Å²) in [6, 6.07) is 4.23. The second-order valence-corrected chi connectivity index (χ2v) is 3.83. The zero-order valence-electron chi connectivity index (χ0n) is 8.08. The second kappa shape index (κ2) is 7.06. The first-order chi connectivity index (χ1) is 6.43. The predicted octanol–water partition coefficient (Wildman–Crippen LogP) is 1.92. The molecule has 0 radical (unpaired) electrons. The Morgan fingerprint density at radius 2 is 2.38 bits per heavy atom. The van der Waals surface area contributed by atoms with E-state index in [9.17, 15) is 0 Å². The van der Waals surface area contributed by atoms with E-state index in [2.05, 4.69) is 29.8 Å². The van der Waals surface area contributed by atoms with E-state index in [4.69, 9.17) is 4.74 Å². The molecule has 0 aliphatic rings. The van der Waals surface area contributed by atoms with Gasteiger partial charge >= 0.3 is 0 Å². The Labute approximate surface area is 83.9 Å². The maximum Gasteiger partial charge on any atom is 0.0591 e. The minimum atomic E-state index is 0.819. The average molecular weight is 199 g/mol. The minimum Gasteiger partial charge on any atom is -0.380 e. The topological polar surface area (TPSA) is 21.3 Å². The molecule has 74 valence electrons. The van der Waals surface area contributed by atoms with Crippen molar-refractivity contribution in [2.75, 3.05) is 26.3 Å². The number of thiophene rings is 1. The average Bonchev–Trinajstić information content (AvgIpc) is 2.63. The van der Waals surface area contributed by atoms with Gasteiger partial charge in [-0.25, -0.2) is 0 Å². The Hall–Kier alpha value is -0.380. The molecule has 1 aromatic heterocycles. The minimum absolute atomic E-state index is 0.819. The van der Waals surface area contributed by atoms with Crippen LogP contribution in [0.1, 0.15) is 11.8 Å². The van der Waals surface area contributed by atoms with Gasteiger partial charge < -0.3 is 10.1 Å². The summed E-state index contributed by atoms with van der Waals surface area (Å²) in [4.78, 5) is 1.41. The van der Waals surface area contributed by atoms with E-state index in [1.165, 1.54) is 4.88 Å². The normalized spacial score (nSPS) is 10.5. The molecule has 3 heteroatoms. The van der Waals surface area contributed by atoms with Gasteiger partial charge in [0.15, 0.2) is 0 Å². The first kappa shape index (κ1) is 10.7. The monoisotopic (exact) mass is 199 g/mol. The van der Waals surface area contributed by atoms with Crippen LogP contribution in [-0.2, 0) is 11.2 Å². The lowest BCUT2D eigenvalue weighted by Crippen LogP contribution is -2.19. The van der Waals surface area contributed by atoms with Gasteiger partial charge in [0.05, 0.1) is 13.2 Å². The van der Waals surface area contributed by atoms with Crippen molar-refractivity contribution in [3.63, 3.8) is 0 Å². The highest BCUT2D eigenvalue weighted by Crippen LogP contribution is 2.08. The molecule has 0 aliphatic carbocycles. The fraction of sp³-hybridized carbons (Fsp3) is 0.600. The highest BCUT2D eigenvalue weighted by atomic mass is 32.1. The summed E-state index contributed by atoms with van der Waals surface area (Å²) in [5, 5.41) is 5.32. The van der Waals surface area contributed by atoms with Gasteiger partial charge in [-0.3, -0.25) is 0 Å². The van der Waals surface area contributed by atoms with Gasteiger partial charge in [0.25, 0.3) is 0 Å². The molecule has 1 N–H and O–H groups in total. The van der Waals surface area contributed by atoms with Crippen LogP contribution in [0.3, 0.4) is 0 Å². The largest absolute Gasteiger partial charge is 0.380 e. The van der Waals surface area contributed by atoms with Crippen LogP contribution in [0.4, 0.5) is 0 Å².